The van der Waals surface area contributed by atoms with Crippen LogP contribution in [-0.4, -0.2) is 37.1 Å². The molecule has 0 aromatic heterocycles. The maximum Gasteiger partial charge on any atom is 0.458 e. The predicted molar refractivity (Wildman–Crippen MR) is 48.1 cm³/mol. The van der Waals surface area contributed by atoms with Crippen LogP contribution in [0.15, 0.2) is 0 Å². The summed E-state index contributed by atoms with van der Waals surface area (Å²) in [7, 11) is -2.66. The average Bonchev–Trinajstić information content (AvgIpc) is 1.83. The van der Waals surface area contributed by atoms with Gasteiger partial charge in [0.2, 0.25) is 0 Å². The van der Waals surface area contributed by atoms with Crippen LogP contribution in [-0.2, 0) is 13.0 Å². The van der Waals surface area contributed by atoms with Gasteiger partial charge in [-0.1, -0.05) is 0 Å². The van der Waals surface area contributed by atoms with Crippen LogP contribution in [0.5, 0.6) is 0 Å². The van der Waals surface area contributed by atoms with Gasteiger partial charge in [0.05, 0.1) is 6.10 Å². The second kappa shape index (κ2) is 4.03. The van der Waals surface area contributed by atoms with Crippen molar-refractivity contribution < 1.29 is 13.0 Å². The molecule has 1 heterocycles. The molecule has 0 N–H and O–H groups in total. The topological polar surface area (TPSA) is 27.7 Å². The summed E-state index contributed by atoms with van der Waals surface area (Å²) in [5, 5.41) is 0. The van der Waals surface area contributed by atoms with Gasteiger partial charge in [0.15, 0.2) is 0 Å². The molecule has 0 amide bonds. The van der Waals surface area contributed by atoms with Gasteiger partial charge in [-0.15, -0.1) is 0 Å². The minimum absolute atomic E-state index is 0.239. The first kappa shape index (κ1) is 8.96. The van der Waals surface area contributed by atoms with Crippen molar-refractivity contribution in [3.05, 3.63) is 0 Å². The van der Waals surface area contributed by atoms with Crippen LogP contribution >= 0.6 is 0 Å². The molecule has 0 aliphatic carbocycles. The minimum atomic E-state index is -1.40. The lowest BCUT2D eigenvalue weighted by atomic mass is 10.3. The molecule has 0 bridgehead atoms. The lowest BCUT2D eigenvalue weighted by Crippen LogP contribution is -2.33. The van der Waals surface area contributed by atoms with Crippen molar-refractivity contribution in [2.45, 2.75) is 26.0 Å². The fraction of sp³-hybridized carbons (Fsp3) is 0.833. The van der Waals surface area contributed by atoms with E-state index >= 15 is 0 Å². The molecular weight excluding hydrogens is 176 g/mol. The van der Waals surface area contributed by atoms with Gasteiger partial charge in [-0.05, 0) is 19.6 Å². The summed E-state index contributed by atoms with van der Waals surface area (Å²) in [5.41, 5.74) is 0. The normalized spacial score (nSPS) is 33.1. The first-order valence-electron chi connectivity index (χ1n) is 3.82. The fourth-order valence-corrected chi connectivity index (χ4v) is 3.94. The van der Waals surface area contributed by atoms with Gasteiger partial charge in [0.1, 0.15) is 0 Å². The first-order chi connectivity index (χ1) is 5.18. The smallest absolute Gasteiger partial charge is 0.458 e. The molecule has 0 aromatic rings. The Balaban J connectivity index is 2.41. The van der Waals surface area contributed by atoms with E-state index in [4.69, 9.17) is 13.0 Å². The van der Waals surface area contributed by atoms with E-state index in [9.17, 15) is 0 Å². The number of hydrogen-bond acceptors (Lipinski definition) is 3. The molecule has 1 fully saturated rings. The van der Waals surface area contributed by atoms with Crippen LogP contribution in [0.25, 0.3) is 0 Å². The van der Waals surface area contributed by atoms with Gasteiger partial charge < -0.3 is 13.0 Å². The summed E-state index contributed by atoms with van der Waals surface area (Å²) in [5.74, 6) is 0. The minimum Gasteiger partial charge on any atom is -0.561 e. The molecule has 3 nitrogen and oxygen atoms in total. The highest BCUT2D eigenvalue weighted by Gasteiger charge is 2.16. The summed E-state index contributed by atoms with van der Waals surface area (Å²) >= 11 is 0. The van der Waals surface area contributed by atoms with E-state index in [-0.39, 0.29) is 6.10 Å². The molecule has 0 spiro atoms. The molecule has 2 unspecified atom stereocenters. The molecule has 0 aromatic carbocycles. The van der Waals surface area contributed by atoms with Crippen LogP contribution in [0, 0.1) is 0 Å². The fourth-order valence-electron chi connectivity index (χ4n) is 0.930. The van der Waals surface area contributed by atoms with Gasteiger partial charge in [0.25, 0.3) is 0 Å². The number of rotatable bonds is 0. The molecule has 0 saturated carbocycles. The average molecular weight is 190 g/mol. The summed E-state index contributed by atoms with van der Waals surface area (Å²) in [6.07, 6.45) is 5.01. The monoisotopic (exact) mass is 190 g/mol. The van der Waals surface area contributed by atoms with E-state index in [2.05, 4.69) is 6.17 Å². The Morgan fingerprint density at radius 1 is 1.64 bits per heavy atom. The third-order valence-electron chi connectivity index (χ3n) is 1.51. The Hall–Kier alpha value is -0.136. The van der Waals surface area contributed by atoms with E-state index in [1.807, 2.05) is 13.5 Å². The van der Waals surface area contributed by atoms with E-state index < -0.39 is 18.2 Å². The van der Waals surface area contributed by atoms with E-state index in [0.29, 0.717) is 0 Å². The van der Waals surface area contributed by atoms with Crippen LogP contribution in [0.4, 0.5) is 0 Å². The van der Waals surface area contributed by atoms with Crippen molar-refractivity contribution in [3.63, 3.8) is 0 Å². The molecule has 1 rings (SSSR count). The SMILES string of the molecule is C=[Si]1OC(C)CCO[SiH](C)O1. The molecule has 1 aliphatic rings. The highest BCUT2D eigenvalue weighted by Crippen LogP contribution is 2.04. The summed E-state index contributed by atoms with van der Waals surface area (Å²) in [4.78, 5) is 0. The van der Waals surface area contributed by atoms with Crippen LogP contribution in [0.3, 0.4) is 0 Å². The third-order valence-corrected chi connectivity index (χ3v) is 5.26. The van der Waals surface area contributed by atoms with Crippen molar-refractivity contribution in [2.24, 2.45) is 0 Å². The van der Waals surface area contributed by atoms with Crippen molar-refractivity contribution in [3.8, 4) is 0 Å². The maximum absolute atomic E-state index is 5.48. The van der Waals surface area contributed by atoms with Crippen LogP contribution in [0.2, 0.25) is 6.55 Å². The standard InChI is InChI=1S/C6H14O3Si2/c1-6-4-5-7-10(2)9-11(3)8-6/h6,10H,3-5H2,1-2H3. The largest absolute Gasteiger partial charge is 0.561 e. The Labute approximate surface area is 70.6 Å². The highest BCUT2D eigenvalue weighted by molar-refractivity contribution is 6.60. The van der Waals surface area contributed by atoms with Crippen molar-refractivity contribution in [1.82, 2.24) is 0 Å². The molecule has 1 aliphatic heterocycles. The second-order valence-electron chi connectivity index (χ2n) is 2.65. The predicted octanol–water partition coefficient (Wildman–Crippen LogP) is 0.181. The van der Waals surface area contributed by atoms with Gasteiger partial charge in [-0.2, -0.15) is 0 Å². The molecule has 5 heteroatoms. The van der Waals surface area contributed by atoms with Gasteiger partial charge in [-0.25, -0.2) is 0 Å². The molecule has 64 valence electrons. The Kier molecular flexibility index (Phi) is 3.28. The highest BCUT2D eigenvalue weighted by atomic mass is 28.4. The van der Waals surface area contributed by atoms with E-state index in [1.165, 1.54) is 0 Å². The Morgan fingerprint density at radius 3 is 3.09 bits per heavy atom. The maximum atomic E-state index is 5.48. The first-order valence-corrected chi connectivity index (χ1v) is 7.44. The number of hydrogen-bond donors (Lipinski definition) is 0. The van der Waals surface area contributed by atoms with Gasteiger partial charge >= 0.3 is 18.2 Å². The van der Waals surface area contributed by atoms with Gasteiger partial charge in [0, 0.05) is 13.0 Å². The van der Waals surface area contributed by atoms with E-state index in [0.717, 1.165) is 13.0 Å². The third kappa shape index (κ3) is 3.17. The lowest BCUT2D eigenvalue weighted by Gasteiger charge is -2.23. The summed E-state index contributed by atoms with van der Waals surface area (Å²) < 4.78 is 16.4. The Morgan fingerprint density at radius 2 is 2.36 bits per heavy atom. The summed E-state index contributed by atoms with van der Waals surface area (Å²) in [6.45, 7) is 4.80. The van der Waals surface area contributed by atoms with Crippen molar-refractivity contribution in [2.75, 3.05) is 6.61 Å². The van der Waals surface area contributed by atoms with E-state index in [1.54, 1.807) is 0 Å². The zero-order valence-corrected chi connectivity index (χ0v) is 9.16. The van der Waals surface area contributed by atoms with Crippen LogP contribution in [0.1, 0.15) is 13.3 Å². The Bertz CT molecular complexity index is 137. The quantitative estimate of drug-likeness (QED) is 0.510. The molecule has 0 radical (unpaired) electrons. The zero-order valence-electron chi connectivity index (χ0n) is 7.00. The lowest BCUT2D eigenvalue weighted by molar-refractivity contribution is 0.128. The molecule has 1 saturated heterocycles. The molecular formula is C6H14O3Si2. The molecule has 11 heavy (non-hydrogen) atoms. The van der Waals surface area contributed by atoms with Crippen molar-refractivity contribution in [1.29, 1.82) is 0 Å². The zero-order chi connectivity index (χ0) is 8.27. The van der Waals surface area contributed by atoms with Crippen molar-refractivity contribution >= 4 is 24.4 Å². The van der Waals surface area contributed by atoms with Gasteiger partial charge in [-0.3, -0.25) is 0 Å². The second-order valence-corrected chi connectivity index (χ2v) is 6.04. The summed E-state index contributed by atoms with van der Waals surface area (Å²) in [6, 6.07) is 0. The van der Waals surface area contributed by atoms with Crippen LogP contribution < -0.4 is 0 Å². The molecule has 2 atom stereocenters.